The summed E-state index contributed by atoms with van der Waals surface area (Å²) in [4.78, 5) is 13.7. The zero-order valence-electron chi connectivity index (χ0n) is 14.5. The molecule has 0 amide bonds. The fraction of sp³-hybridized carbons (Fsp3) is 0.438. The molecule has 2 aromatic rings. The Morgan fingerprint density at radius 1 is 1.26 bits per heavy atom. The van der Waals surface area contributed by atoms with E-state index in [1.807, 2.05) is 4.90 Å². The maximum Gasteiger partial charge on any atom is 0.421 e. The van der Waals surface area contributed by atoms with Crippen LogP contribution in [-0.2, 0) is 6.18 Å². The number of alkyl halides is 3. The van der Waals surface area contributed by atoms with E-state index < -0.39 is 17.6 Å². The second kappa shape index (κ2) is 7.43. The van der Waals surface area contributed by atoms with Crippen molar-refractivity contribution in [3.63, 3.8) is 0 Å². The Morgan fingerprint density at radius 3 is 2.56 bits per heavy atom. The summed E-state index contributed by atoms with van der Waals surface area (Å²) in [6.07, 6.45) is -3.06. The van der Waals surface area contributed by atoms with Crippen LogP contribution in [0.3, 0.4) is 0 Å². The number of aromatic nitrogens is 3. The van der Waals surface area contributed by atoms with E-state index in [4.69, 9.17) is 10.5 Å². The van der Waals surface area contributed by atoms with Gasteiger partial charge in [-0.3, -0.25) is 0 Å². The van der Waals surface area contributed by atoms with Crippen LogP contribution in [0.2, 0.25) is 0 Å². The fourth-order valence-corrected chi connectivity index (χ4v) is 2.73. The zero-order chi connectivity index (χ0) is 19.6. The van der Waals surface area contributed by atoms with Gasteiger partial charge in [-0.15, -0.1) is 0 Å². The number of anilines is 4. The van der Waals surface area contributed by atoms with Crippen LogP contribution in [0.1, 0.15) is 18.4 Å². The van der Waals surface area contributed by atoms with Crippen molar-refractivity contribution in [1.82, 2.24) is 15.0 Å². The maximum absolute atomic E-state index is 12.8. The topological polar surface area (TPSA) is 109 Å². The second-order valence-electron chi connectivity index (χ2n) is 6.09. The van der Waals surface area contributed by atoms with E-state index in [1.54, 1.807) is 12.1 Å². The van der Waals surface area contributed by atoms with Gasteiger partial charge in [0.25, 0.3) is 0 Å². The van der Waals surface area contributed by atoms with Crippen LogP contribution >= 0.6 is 0 Å². The monoisotopic (exact) mass is 384 g/mol. The number of halogens is 3. The number of hydrogen-bond acceptors (Lipinski definition) is 8. The van der Waals surface area contributed by atoms with Gasteiger partial charge >= 0.3 is 6.18 Å². The van der Waals surface area contributed by atoms with Gasteiger partial charge in [0.05, 0.1) is 13.2 Å². The van der Waals surface area contributed by atoms with Crippen LogP contribution in [0.4, 0.5) is 36.4 Å². The Labute approximate surface area is 153 Å². The van der Waals surface area contributed by atoms with Crippen molar-refractivity contribution in [3.8, 4) is 5.88 Å². The van der Waals surface area contributed by atoms with Crippen LogP contribution < -0.4 is 20.7 Å². The maximum atomic E-state index is 12.8. The van der Waals surface area contributed by atoms with Crippen molar-refractivity contribution in [3.05, 3.63) is 23.9 Å². The Balaban J connectivity index is 1.84. The molecule has 3 rings (SSSR count). The number of pyridine rings is 1. The second-order valence-corrected chi connectivity index (χ2v) is 6.09. The van der Waals surface area contributed by atoms with Crippen molar-refractivity contribution in [1.29, 1.82) is 0 Å². The lowest BCUT2D eigenvalue weighted by Gasteiger charge is -2.30. The molecule has 0 spiro atoms. The van der Waals surface area contributed by atoms with E-state index in [9.17, 15) is 18.3 Å². The molecule has 0 aliphatic carbocycles. The highest BCUT2D eigenvalue weighted by molar-refractivity contribution is 5.62. The first-order valence-electron chi connectivity index (χ1n) is 8.22. The Kier molecular flexibility index (Phi) is 5.22. The van der Waals surface area contributed by atoms with Gasteiger partial charge < -0.3 is 25.8 Å². The van der Waals surface area contributed by atoms with Crippen molar-refractivity contribution in [2.75, 3.05) is 36.1 Å². The lowest BCUT2D eigenvalue weighted by atomic mass is 10.1. The predicted molar refractivity (Wildman–Crippen MR) is 93.0 cm³/mol. The summed E-state index contributed by atoms with van der Waals surface area (Å²) in [6, 6.07) is 3.27. The quantitative estimate of drug-likeness (QED) is 0.736. The third-order valence-electron chi connectivity index (χ3n) is 4.17. The zero-order valence-corrected chi connectivity index (χ0v) is 14.5. The Morgan fingerprint density at radius 2 is 1.96 bits per heavy atom. The van der Waals surface area contributed by atoms with Crippen molar-refractivity contribution in [2.24, 2.45) is 0 Å². The fourth-order valence-electron chi connectivity index (χ4n) is 2.73. The van der Waals surface area contributed by atoms with Gasteiger partial charge in [0.1, 0.15) is 17.2 Å². The molecule has 1 aliphatic rings. The minimum Gasteiger partial charge on any atom is -0.481 e. The summed E-state index contributed by atoms with van der Waals surface area (Å²) in [5.74, 6) is 0.199. The first-order valence-corrected chi connectivity index (χ1v) is 8.22. The molecule has 2 aromatic heterocycles. The molecule has 4 N–H and O–H groups in total. The van der Waals surface area contributed by atoms with Gasteiger partial charge in [-0.05, 0) is 12.8 Å². The van der Waals surface area contributed by atoms with E-state index in [0.717, 1.165) is 0 Å². The van der Waals surface area contributed by atoms with Crippen LogP contribution in [0, 0.1) is 0 Å². The first kappa shape index (κ1) is 19.0. The summed E-state index contributed by atoms with van der Waals surface area (Å²) in [5, 5.41) is 12.5. The lowest BCUT2D eigenvalue weighted by Crippen LogP contribution is -2.36. The molecule has 0 aromatic carbocycles. The van der Waals surface area contributed by atoms with Gasteiger partial charge in [-0.25, -0.2) is 4.98 Å². The summed E-state index contributed by atoms with van der Waals surface area (Å²) >= 11 is 0. The van der Waals surface area contributed by atoms with Crippen LogP contribution in [0.5, 0.6) is 5.88 Å². The molecule has 0 unspecified atom stereocenters. The number of aliphatic hydroxyl groups is 1. The number of piperidine rings is 1. The summed E-state index contributed by atoms with van der Waals surface area (Å²) in [7, 11) is 1.46. The third kappa shape index (κ3) is 4.48. The first-order chi connectivity index (χ1) is 12.8. The average Bonchev–Trinajstić information content (AvgIpc) is 2.61. The van der Waals surface area contributed by atoms with E-state index in [0.29, 0.717) is 49.5 Å². The number of rotatable bonds is 4. The number of ether oxygens (including phenoxy) is 1. The number of hydrogen-bond donors (Lipinski definition) is 3. The van der Waals surface area contributed by atoms with E-state index >= 15 is 0 Å². The van der Waals surface area contributed by atoms with E-state index in [1.165, 1.54) is 7.11 Å². The third-order valence-corrected chi connectivity index (χ3v) is 4.17. The molecular weight excluding hydrogens is 365 g/mol. The molecule has 11 heteroatoms. The van der Waals surface area contributed by atoms with Gasteiger partial charge in [-0.1, -0.05) is 0 Å². The van der Waals surface area contributed by atoms with Crippen LogP contribution in [-0.4, -0.2) is 46.4 Å². The van der Waals surface area contributed by atoms with Gasteiger partial charge in [0.15, 0.2) is 0 Å². The van der Waals surface area contributed by atoms with Crippen LogP contribution in [0.25, 0.3) is 0 Å². The molecule has 1 aliphatic heterocycles. The normalized spacial score (nSPS) is 15.7. The molecule has 3 heterocycles. The average molecular weight is 384 g/mol. The minimum absolute atomic E-state index is 0.0752. The largest absolute Gasteiger partial charge is 0.481 e. The number of nitrogens with one attached hydrogen (secondary N) is 1. The highest BCUT2D eigenvalue weighted by Crippen LogP contribution is 2.33. The molecular formula is C16H19F3N6O2. The SMILES string of the molecule is COc1cc(Nc2ncc(C(F)(F)F)c(N)n2)cc(N2CCC(O)CC2)n1. The standard InChI is InChI=1S/C16H19F3N6O2/c1-27-13-7-9(6-12(23-13)25-4-2-10(26)3-5-25)22-15-21-8-11(14(20)24-15)16(17,18)19/h6-8,10,26H,2-5H2,1H3,(H3,20,21,22,23,24). The molecule has 146 valence electrons. The molecule has 27 heavy (non-hydrogen) atoms. The van der Waals surface area contributed by atoms with Gasteiger partial charge in [0.2, 0.25) is 11.8 Å². The molecule has 1 fully saturated rings. The van der Waals surface area contributed by atoms with Crippen molar-refractivity contribution >= 4 is 23.3 Å². The number of nitrogens with zero attached hydrogens (tertiary/aromatic N) is 4. The van der Waals surface area contributed by atoms with Crippen molar-refractivity contribution < 1.29 is 23.0 Å². The molecule has 0 atom stereocenters. The number of nitrogen functional groups attached to an aromatic ring is 1. The molecule has 0 bridgehead atoms. The molecule has 0 radical (unpaired) electrons. The van der Waals surface area contributed by atoms with E-state index in [-0.39, 0.29) is 12.1 Å². The highest BCUT2D eigenvalue weighted by atomic mass is 19.4. The Hall–Kier alpha value is -2.82. The smallest absolute Gasteiger partial charge is 0.421 e. The molecule has 8 nitrogen and oxygen atoms in total. The van der Waals surface area contributed by atoms with Crippen molar-refractivity contribution in [2.45, 2.75) is 25.1 Å². The summed E-state index contributed by atoms with van der Waals surface area (Å²) in [6.45, 7) is 1.26. The Bertz CT molecular complexity index is 809. The van der Waals surface area contributed by atoms with Crippen LogP contribution in [0.15, 0.2) is 18.3 Å². The number of nitrogens with two attached hydrogens (primary N) is 1. The minimum atomic E-state index is -4.62. The molecule has 0 saturated carbocycles. The summed E-state index contributed by atoms with van der Waals surface area (Å²) < 4.78 is 43.5. The highest BCUT2D eigenvalue weighted by Gasteiger charge is 2.34. The predicted octanol–water partition coefficient (Wildman–Crippen LogP) is 2.19. The van der Waals surface area contributed by atoms with E-state index in [2.05, 4.69) is 20.3 Å². The van der Waals surface area contributed by atoms with Gasteiger partial charge in [-0.2, -0.15) is 23.1 Å². The lowest BCUT2D eigenvalue weighted by molar-refractivity contribution is -0.137. The van der Waals surface area contributed by atoms with Gasteiger partial charge in [0, 0.05) is 37.1 Å². The summed E-state index contributed by atoms with van der Waals surface area (Å²) in [5.41, 5.74) is 4.80. The molecule has 1 saturated heterocycles. The number of aliphatic hydroxyl groups excluding tert-OH is 1. The number of methoxy groups -OCH3 is 1.